The molecule has 0 rings (SSSR count). The quantitative estimate of drug-likeness (QED) is 0.0261. The standard InChI is InChI=1S/C74H128O6/c1-4-7-10-13-16-18-20-22-24-26-28-30-32-34-36-37-39-40-42-44-46-48-50-52-54-56-58-61-64-67-73(76)79-70-71(69-78-72(75)66-63-60-15-12-9-6-3)80-74(77)68-65-62-59-57-55-53-51-49-47-45-43-41-38-35-33-31-29-27-25-23-21-19-17-14-11-8-5-2/h8,11,17,19,23,25,29,31,35,38,43,45,49,51,55,57,71H,4-7,9-10,12-16,18,20-22,24,26-28,30,32-34,36-37,39-42,44,46-48,50,52-54,56,58-70H2,1-3H3/b11-8-,19-17-,25-23-,31-29-,38-35-,45-43-,51-49-,57-55-. The highest BCUT2D eigenvalue weighted by molar-refractivity contribution is 5.71. The zero-order valence-electron chi connectivity index (χ0n) is 52.8. The van der Waals surface area contributed by atoms with Crippen LogP contribution in [0.25, 0.3) is 0 Å². The Hall–Kier alpha value is -3.67. The summed E-state index contributed by atoms with van der Waals surface area (Å²) in [7, 11) is 0. The Bertz CT molecular complexity index is 1560. The zero-order chi connectivity index (χ0) is 57.8. The largest absolute Gasteiger partial charge is 0.462 e. The second-order valence-electron chi connectivity index (χ2n) is 22.7. The number of carbonyl (C=O) groups is 3. The summed E-state index contributed by atoms with van der Waals surface area (Å²) in [4.78, 5) is 38.0. The van der Waals surface area contributed by atoms with Crippen LogP contribution in [0.2, 0.25) is 0 Å². The number of unbranched alkanes of at least 4 members (excludes halogenated alkanes) is 35. The first-order valence-electron chi connectivity index (χ1n) is 34.2. The monoisotopic (exact) mass is 1110 g/mol. The van der Waals surface area contributed by atoms with Crippen LogP contribution in [0.15, 0.2) is 97.2 Å². The van der Waals surface area contributed by atoms with Crippen molar-refractivity contribution in [3.63, 3.8) is 0 Å². The second kappa shape index (κ2) is 67.8. The van der Waals surface area contributed by atoms with E-state index in [1.165, 1.54) is 186 Å². The maximum atomic E-state index is 12.8. The van der Waals surface area contributed by atoms with E-state index in [0.29, 0.717) is 19.3 Å². The van der Waals surface area contributed by atoms with Crippen LogP contribution in [0.4, 0.5) is 0 Å². The summed E-state index contributed by atoms with van der Waals surface area (Å²) in [5, 5.41) is 0. The molecule has 6 heteroatoms. The summed E-state index contributed by atoms with van der Waals surface area (Å²) in [6.07, 6.45) is 92.0. The first-order chi connectivity index (χ1) is 39.5. The molecule has 1 atom stereocenters. The molecule has 0 heterocycles. The molecule has 80 heavy (non-hydrogen) atoms. The Morgan fingerprint density at radius 3 is 0.762 bits per heavy atom. The number of carbonyl (C=O) groups excluding carboxylic acids is 3. The van der Waals surface area contributed by atoms with E-state index in [1.807, 2.05) is 0 Å². The summed E-state index contributed by atoms with van der Waals surface area (Å²) in [6.45, 7) is 6.47. The van der Waals surface area contributed by atoms with Crippen LogP contribution in [-0.4, -0.2) is 37.2 Å². The van der Waals surface area contributed by atoms with Crippen molar-refractivity contribution in [3.8, 4) is 0 Å². The van der Waals surface area contributed by atoms with E-state index in [-0.39, 0.29) is 37.5 Å². The van der Waals surface area contributed by atoms with Gasteiger partial charge in [-0.2, -0.15) is 0 Å². The van der Waals surface area contributed by atoms with Gasteiger partial charge in [0, 0.05) is 19.3 Å². The van der Waals surface area contributed by atoms with E-state index >= 15 is 0 Å². The Morgan fingerprint density at radius 2 is 0.487 bits per heavy atom. The fourth-order valence-corrected chi connectivity index (χ4v) is 9.76. The second-order valence-corrected chi connectivity index (χ2v) is 22.7. The Labute approximate surface area is 496 Å². The van der Waals surface area contributed by atoms with Crippen molar-refractivity contribution in [3.05, 3.63) is 97.2 Å². The normalized spacial score (nSPS) is 12.7. The Kier molecular flexibility index (Phi) is 64.7. The van der Waals surface area contributed by atoms with Gasteiger partial charge in [-0.3, -0.25) is 14.4 Å². The molecule has 0 saturated carbocycles. The van der Waals surface area contributed by atoms with Crippen molar-refractivity contribution >= 4 is 17.9 Å². The number of rotatable bonds is 62. The van der Waals surface area contributed by atoms with E-state index in [1.54, 1.807) is 0 Å². The lowest BCUT2D eigenvalue weighted by Crippen LogP contribution is -2.30. The molecule has 0 aliphatic carbocycles. The zero-order valence-corrected chi connectivity index (χ0v) is 52.8. The highest BCUT2D eigenvalue weighted by Crippen LogP contribution is 2.18. The van der Waals surface area contributed by atoms with Crippen LogP contribution in [0, 0.1) is 0 Å². The highest BCUT2D eigenvalue weighted by atomic mass is 16.6. The molecule has 0 spiro atoms. The van der Waals surface area contributed by atoms with Gasteiger partial charge in [0.05, 0.1) is 0 Å². The third kappa shape index (κ3) is 65.1. The summed E-state index contributed by atoms with van der Waals surface area (Å²) in [5.41, 5.74) is 0. The van der Waals surface area contributed by atoms with E-state index in [2.05, 4.69) is 118 Å². The molecular weight excluding hydrogens is 985 g/mol. The first-order valence-corrected chi connectivity index (χ1v) is 34.2. The van der Waals surface area contributed by atoms with Crippen molar-refractivity contribution < 1.29 is 28.6 Å². The molecule has 0 aromatic rings. The van der Waals surface area contributed by atoms with Crippen LogP contribution < -0.4 is 0 Å². The minimum absolute atomic E-state index is 0.0925. The van der Waals surface area contributed by atoms with Crippen LogP contribution >= 0.6 is 0 Å². The minimum Gasteiger partial charge on any atom is -0.462 e. The molecule has 1 unspecified atom stereocenters. The average Bonchev–Trinajstić information content (AvgIpc) is 3.46. The lowest BCUT2D eigenvalue weighted by Gasteiger charge is -2.18. The third-order valence-electron chi connectivity index (χ3n) is 14.9. The predicted molar refractivity (Wildman–Crippen MR) is 348 cm³/mol. The number of esters is 3. The van der Waals surface area contributed by atoms with Gasteiger partial charge >= 0.3 is 17.9 Å². The molecule has 0 aliphatic rings. The van der Waals surface area contributed by atoms with E-state index in [9.17, 15) is 14.4 Å². The predicted octanol–water partition coefficient (Wildman–Crippen LogP) is 23.6. The first kappa shape index (κ1) is 76.3. The molecule has 0 bridgehead atoms. The van der Waals surface area contributed by atoms with Crippen LogP contribution in [0.5, 0.6) is 0 Å². The lowest BCUT2D eigenvalue weighted by atomic mass is 10.0. The van der Waals surface area contributed by atoms with Crippen molar-refractivity contribution in [1.82, 2.24) is 0 Å². The van der Waals surface area contributed by atoms with Crippen LogP contribution in [-0.2, 0) is 28.6 Å². The van der Waals surface area contributed by atoms with Gasteiger partial charge in [-0.05, 0) is 83.5 Å². The average molecular weight is 1110 g/mol. The van der Waals surface area contributed by atoms with Crippen molar-refractivity contribution in [2.75, 3.05) is 13.2 Å². The topological polar surface area (TPSA) is 78.9 Å². The number of ether oxygens (including phenoxy) is 3. The molecule has 0 aromatic heterocycles. The smallest absolute Gasteiger partial charge is 0.306 e. The van der Waals surface area contributed by atoms with Gasteiger partial charge in [-0.15, -0.1) is 0 Å². The molecule has 0 amide bonds. The Balaban J connectivity index is 4.11. The maximum absolute atomic E-state index is 12.8. The van der Waals surface area contributed by atoms with Gasteiger partial charge in [0.25, 0.3) is 0 Å². The van der Waals surface area contributed by atoms with Crippen molar-refractivity contribution in [2.45, 2.75) is 341 Å². The van der Waals surface area contributed by atoms with Crippen molar-refractivity contribution in [1.29, 1.82) is 0 Å². The summed E-state index contributed by atoms with van der Waals surface area (Å²) >= 11 is 0. The van der Waals surface area contributed by atoms with Gasteiger partial charge in [0.2, 0.25) is 0 Å². The molecule has 0 saturated heterocycles. The molecular formula is C74H128O6. The van der Waals surface area contributed by atoms with E-state index < -0.39 is 6.10 Å². The molecule has 6 nitrogen and oxygen atoms in total. The number of hydrogen-bond acceptors (Lipinski definition) is 6. The van der Waals surface area contributed by atoms with Gasteiger partial charge in [-0.1, -0.05) is 330 Å². The number of hydrogen-bond donors (Lipinski definition) is 0. The molecule has 0 aliphatic heterocycles. The minimum atomic E-state index is -0.798. The van der Waals surface area contributed by atoms with E-state index in [0.717, 1.165) is 103 Å². The van der Waals surface area contributed by atoms with Gasteiger partial charge in [0.1, 0.15) is 13.2 Å². The summed E-state index contributed by atoms with van der Waals surface area (Å²) < 4.78 is 16.8. The fraction of sp³-hybridized carbons (Fsp3) is 0.743. The molecule has 0 radical (unpaired) electrons. The Morgan fingerprint density at radius 1 is 0.263 bits per heavy atom. The summed E-state index contributed by atoms with van der Waals surface area (Å²) in [6, 6.07) is 0. The van der Waals surface area contributed by atoms with Gasteiger partial charge in [0.15, 0.2) is 6.10 Å². The molecule has 0 aromatic carbocycles. The molecule has 0 fully saturated rings. The third-order valence-corrected chi connectivity index (χ3v) is 14.9. The fourth-order valence-electron chi connectivity index (χ4n) is 9.76. The molecule has 460 valence electrons. The summed E-state index contributed by atoms with van der Waals surface area (Å²) in [5.74, 6) is -0.936. The van der Waals surface area contributed by atoms with Gasteiger partial charge in [-0.25, -0.2) is 0 Å². The highest BCUT2D eigenvalue weighted by Gasteiger charge is 2.19. The van der Waals surface area contributed by atoms with Crippen molar-refractivity contribution in [2.24, 2.45) is 0 Å². The van der Waals surface area contributed by atoms with Gasteiger partial charge < -0.3 is 14.2 Å². The number of allylic oxidation sites excluding steroid dienone is 16. The van der Waals surface area contributed by atoms with E-state index in [4.69, 9.17) is 14.2 Å². The van der Waals surface area contributed by atoms with Crippen LogP contribution in [0.3, 0.4) is 0 Å². The lowest BCUT2D eigenvalue weighted by molar-refractivity contribution is -0.167. The van der Waals surface area contributed by atoms with Crippen LogP contribution in [0.1, 0.15) is 335 Å². The maximum Gasteiger partial charge on any atom is 0.306 e. The molecule has 0 N–H and O–H groups in total. The SMILES string of the molecule is CC/C=C\C/C=C\C/C=C\C/C=C\C/C=C\C/C=C\C/C=C\C/C=C\CCCCC(=O)OC(COC(=O)CCCCCCCC)COC(=O)CCCCCCCCCCCCCCCCCCCCCCCCCCCCCCC.